The standard InChI is InChI=1S/C24H42O4Si/c1-9-11-12-13-20(17-23(25)27-10-2)21-15-14-19(16-22(21)26-6)18-28-29(7,8)24(3,4)5/h14-16,20H,9-13,17-18H2,1-8H3. The van der Waals surface area contributed by atoms with Crippen LogP contribution in [0.1, 0.15) is 83.8 Å². The summed E-state index contributed by atoms with van der Waals surface area (Å²) in [6.45, 7) is 16.3. The second-order valence-electron chi connectivity index (χ2n) is 9.33. The van der Waals surface area contributed by atoms with Crippen molar-refractivity contribution in [3.05, 3.63) is 29.3 Å². The zero-order valence-electron chi connectivity index (χ0n) is 19.9. The Morgan fingerprint density at radius 2 is 1.83 bits per heavy atom. The lowest BCUT2D eigenvalue weighted by Crippen LogP contribution is -2.40. The van der Waals surface area contributed by atoms with Gasteiger partial charge in [-0.1, -0.05) is 59.1 Å². The van der Waals surface area contributed by atoms with E-state index in [0.29, 0.717) is 19.6 Å². The molecule has 0 N–H and O–H groups in total. The second-order valence-corrected chi connectivity index (χ2v) is 14.1. The van der Waals surface area contributed by atoms with E-state index in [0.717, 1.165) is 36.1 Å². The van der Waals surface area contributed by atoms with Gasteiger partial charge in [-0.25, -0.2) is 0 Å². The summed E-state index contributed by atoms with van der Waals surface area (Å²) in [5.41, 5.74) is 2.20. The Kier molecular flexibility index (Phi) is 10.4. The molecule has 0 heterocycles. The quantitative estimate of drug-likeness (QED) is 0.210. The predicted octanol–water partition coefficient (Wildman–Crippen LogP) is 6.83. The van der Waals surface area contributed by atoms with Gasteiger partial charge in [0.25, 0.3) is 0 Å². The fraction of sp³-hybridized carbons (Fsp3) is 0.708. The molecule has 1 aromatic rings. The van der Waals surface area contributed by atoms with Gasteiger partial charge in [-0.05, 0) is 54.6 Å². The van der Waals surface area contributed by atoms with Gasteiger partial charge in [0.15, 0.2) is 8.32 Å². The average Bonchev–Trinajstić information content (AvgIpc) is 2.65. The van der Waals surface area contributed by atoms with E-state index >= 15 is 0 Å². The van der Waals surface area contributed by atoms with Crippen molar-refractivity contribution < 1.29 is 18.7 Å². The number of ether oxygens (including phenoxy) is 2. The van der Waals surface area contributed by atoms with E-state index in [1.54, 1.807) is 7.11 Å². The lowest BCUT2D eigenvalue weighted by Gasteiger charge is -2.36. The van der Waals surface area contributed by atoms with Gasteiger partial charge in [-0.3, -0.25) is 4.79 Å². The van der Waals surface area contributed by atoms with E-state index < -0.39 is 8.32 Å². The van der Waals surface area contributed by atoms with Gasteiger partial charge in [0.05, 0.1) is 26.7 Å². The van der Waals surface area contributed by atoms with Crippen LogP contribution >= 0.6 is 0 Å². The number of carbonyl (C=O) groups excluding carboxylic acids is 1. The van der Waals surface area contributed by atoms with Crippen molar-refractivity contribution in [2.75, 3.05) is 13.7 Å². The molecule has 1 unspecified atom stereocenters. The molecule has 1 atom stereocenters. The van der Waals surface area contributed by atoms with E-state index in [4.69, 9.17) is 13.9 Å². The SMILES string of the molecule is CCCCCC(CC(=O)OCC)c1ccc(CO[Si](C)(C)C(C)(C)C)cc1OC. The van der Waals surface area contributed by atoms with Crippen LogP contribution in [0.4, 0.5) is 0 Å². The van der Waals surface area contributed by atoms with Crippen molar-refractivity contribution in [2.45, 2.75) is 97.4 Å². The van der Waals surface area contributed by atoms with Gasteiger partial charge in [0.2, 0.25) is 0 Å². The average molecular weight is 423 g/mol. The van der Waals surface area contributed by atoms with Crippen LogP contribution in [0.2, 0.25) is 18.1 Å². The third-order valence-corrected chi connectivity index (χ3v) is 10.5. The minimum absolute atomic E-state index is 0.117. The monoisotopic (exact) mass is 422 g/mol. The lowest BCUT2D eigenvalue weighted by atomic mass is 9.89. The molecule has 0 saturated carbocycles. The molecule has 4 nitrogen and oxygen atoms in total. The first-order valence-corrected chi connectivity index (χ1v) is 13.9. The van der Waals surface area contributed by atoms with Crippen LogP contribution in [-0.2, 0) is 20.6 Å². The number of benzene rings is 1. The first-order valence-electron chi connectivity index (χ1n) is 11.0. The van der Waals surface area contributed by atoms with Crippen LogP contribution in [0.5, 0.6) is 5.75 Å². The van der Waals surface area contributed by atoms with Gasteiger partial charge in [-0.15, -0.1) is 0 Å². The van der Waals surface area contributed by atoms with Crippen molar-refractivity contribution in [1.82, 2.24) is 0 Å². The normalized spacial score (nSPS) is 13.2. The fourth-order valence-corrected chi connectivity index (χ4v) is 4.05. The number of unbranched alkanes of at least 4 members (excludes halogenated alkanes) is 2. The summed E-state index contributed by atoms with van der Waals surface area (Å²) in [7, 11) is -0.106. The Hall–Kier alpha value is -1.33. The van der Waals surface area contributed by atoms with Crippen molar-refractivity contribution in [2.24, 2.45) is 0 Å². The van der Waals surface area contributed by atoms with E-state index in [9.17, 15) is 4.79 Å². The Balaban J connectivity index is 3.01. The van der Waals surface area contributed by atoms with Crippen LogP contribution in [0.15, 0.2) is 18.2 Å². The number of carbonyl (C=O) groups is 1. The molecule has 0 aliphatic heterocycles. The zero-order valence-corrected chi connectivity index (χ0v) is 20.9. The number of methoxy groups -OCH3 is 1. The summed E-state index contributed by atoms with van der Waals surface area (Å²) in [4.78, 5) is 12.2. The summed E-state index contributed by atoms with van der Waals surface area (Å²) in [6.07, 6.45) is 4.78. The third kappa shape index (κ3) is 8.13. The molecule has 0 bridgehead atoms. The van der Waals surface area contributed by atoms with Crippen LogP contribution in [0.3, 0.4) is 0 Å². The van der Waals surface area contributed by atoms with Crippen molar-refractivity contribution in [3.8, 4) is 5.75 Å². The molecule has 0 aromatic heterocycles. The lowest BCUT2D eigenvalue weighted by molar-refractivity contribution is -0.143. The maximum atomic E-state index is 12.2. The molecule has 0 amide bonds. The highest BCUT2D eigenvalue weighted by Crippen LogP contribution is 2.38. The molecule has 5 heteroatoms. The van der Waals surface area contributed by atoms with Crippen molar-refractivity contribution in [1.29, 1.82) is 0 Å². The fourth-order valence-electron chi connectivity index (χ4n) is 3.09. The van der Waals surface area contributed by atoms with Crippen LogP contribution in [0.25, 0.3) is 0 Å². The summed E-state index contributed by atoms with van der Waals surface area (Å²) in [5.74, 6) is 0.819. The Labute approximate surface area is 179 Å². The Morgan fingerprint density at radius 1 is 1.14 bits per heavy atom. The molecular formula is C24H42O4Si. The first kappa shape index (κ1) is 25.7. The minimum Gasteiger partial charge on any atom is -0.496 e. The summed E-state index contributed by atoms with van der Waals surface area (Å²) in [6, 6.07) is 6.29. The Bertz CT molecular complexity index is 634. The second kappa shape index (κ2) is 11.8. The van der Waals surface area contributed by atoms with Gasteiger partial charge in [-0.2, -0.15) is 0 Å². The van der Waals surface area contributed by atoms with Gasteiger partial charge >= 0.3 is 5.97 Å². The van der Waals surface area contributed by atoms with Crippen LogP contribution < -0.4 is 4.74 Å². The third-order valence-electron chi connectivity index (χ3n) is 6.02. The summed E-state index contributed by atoms with van der Waals surface area (Å²) < 4.78 is 17.3. The molecule has 29 heavy (non-hydrogen) atoms. The molecule has 1 aromatic carbocycles. The highest BCUT2D eigenvalue weighted by Gasteiger charge is 2.37. The summed E-state index contributed by atoms with van der Waals surface area (Å²) in [5, 5.41) is 0.182. The van der Waals surface area contributed by atoms with Gasteiger partial charge in [0.1, 0.15) is 5.75 Å². The first-order chi connectivity index (χ1) is 13.6. The zero-order chi connectivity index (χ0) is 22.1. The van der Waals surface area contributed by atoms with Gasteiger partial charge in [0, 0.05) is 0 Å². The minimum atomic E-state index is -1.81. The molecular weight excluding hydrogens is 380 g/mol. The highest BCUT2D eigenvalue weighted by atomic mass is 28.4. The van der Waals surface area contributed by atoms with Crippen molar-refractivity contribution >= 4 is 14.3 Å². The molecule has 166 valence electrons. The van der Waals surface area contributed by atoms with Crippen LogP contribution in [0, 0.1) is 0 Å². The Morgan fingerprint density at radius 3 is 2.38 bits per heavy atom. The maximum absolute atomic E-state index is 12.2. The largest absolute Gasteiger partial charge is 0.496 e. The van der Waals surface area contributed by atoms with E-state index in [1.165, 1.54) is 6.42 Å². The number of esters is 1. The molecule has 0 spiro atoms. The highest BCUT2D eigenvalue weighted by molar-refractivity contribution is 6.74. The maximum Gasteiger partial charge on any atom is 0.306 e. The number of rotatable bonds is 12. The number of hydrogen-bond acceptors (Lipinski definition) is 4. The topological polar surface area (TPSA) is 44.8 Å². The van der Waals surface area contributed by atoms with E-state index in [1.807, 2.05) is 6.92 Å². The molecule has 1 rings (SSSR count). The van der Waals surface area contributed by atoms with Crippen LogP contribution in [-0.4, -0.2) is 28.0 Å². The molecule has 0 radical (unpaired) electrons. The number of hydrogen-bond donors (Lipinski definition) is 0. The molecule has 0 aliphatic rings. The summed E-state index contributed by atoms with van der Waals surface area (Å²) >= 11 is 0. The van der Waals surface area contributed by atoms with Gasteiger partial charge < -0.3 is 13.9 Å². The van der Waals surface area contributed by atoms with Crippen molar-refractivity contribution in [3.63, 3.8) is 0 Å². The van der Waals surface area contributed by atoms with E-state index in [-0.39, 0.29) is 16.9 Å². The molecule has 0 fully saturated rings. The smallest absolute Gasteiger partial charge is 0.306 e. The molecule has 0 aliphatic carbocycles. The molecule has 0 saturated heterocycles. The predicted molar refractivity (Wildman–Crippen MR) is 123 cm³/mol. The van der Waals surface area contributed by atoms with E-state index in [2.05, 4.69) is 59.0 Å².